The van der Waals surface area contributed by atoms with Crippen molar-refractivity contribution in [2.75, 3.05) is 0 Å². The Morgan fingerprint density at radius 1 is 0.778 bits per heavy atom. The molecule has 0 saturated heterocycles. The summed E-state index contributed by atoms with van der Waals surface area (Å²) in [6.07, 6.45) is 1.96. The lowest BCUT2D eigenvalue weighted by Crippen LogP contribution is -1.92. The number of hydrogen-bond acceptors (Lipinski definition) is 4. The van der Waals surface area contributed by atoms with Crippen LogP contribution in [0, 0.1) is 10.1 Å². The maximum Gasteiger partial charge on any atom is 0.269 e. The fraction of sp³-hybridized carbons (Fsp3) is 0.0909. The van der Waals surface area contributed by atoms with E-state index in [1.807, 2.05) is 54.6 Å². The lowest BCUT2D eigenvalue weighted by molar-refractivity contribution is -0.384. The number of nitro benzene ring substituents is 1. The quantitative estimate of drug-likeness (QED) is 0.392. The number of nitrogens with zero attached hydrogens (tertiary/aromatic N) is 1. The predicted octanol–water partition coefficient (Wildman–Crippen LogP) is 4.17. The van der Waals surface area contributed by atoms with E-state index >= 15 is 0 Å². The van der Waals surface area contributed by atoms with Gasteiger partial charge in [0.25, 0.3) is 5.69 Å². The Balaban J connectivity index is 2.05. The molecule has 2 N–H and O–H groups in total. The Hall–Kier alpha value is -3.28. The molecule has 0 spiro atoms. The van der Waals surface area contributed by atoms with Gasteiger partial charge in [-0.2, -0.15) is 0 Å². The van der Waals surface area contributed by atoms with Gasteiger partial charge in [0.05, 0.1) is 18.1 Å². The molecule has 0 radical (unpaired) electrons. The van der Waals surface area contributed by atoms with Gasteiger partial charge in [-0.15, -0.1) is 0 Å². The first kappa shape index (κ1) is 18.5. The van der Waals surface area contributed by atoms with E-state index in [4.69, 9.17) is 0 Å². The van der Waals surface area contributed by atoms with Gasteiger partial charge in [0.15, 0.2) is 0 Å². The van der Waals surface area contributed by atoms with Gasteiger partial charge < -0.3 is 10.2 Å². The van der Waals surface area contributed by atoms with Crippen LogP contribution in [0.1, 0.15) is 27.8 Å². The third-order valence-corrected chi connectivity index (χ3v) is 4.31. The van der Waals surface area contributed by atoms with Crippen LogP contribution >= 0.6 is 0 Å². The largest absolute Gasteiger partial charge is 0.392 e. The highest BCUT2D eigenvalue weighted by atomic mass is 16.6. The van der Waals surface area contributed by atoms with Gasteiger partial charge in [-0.05, 0) is 51.6 Å². The lowest BCUT2D eigenvalue weighted by Gasteiger charge is -2.11. The Morgan fingerprint density at radius 2 is 1.22 bits per heavy atom. The maximum absolute atomic E-state index is 10.8. The van der Waals surface area contributed by atoms with E-state index in [9.17, 15) is 20.3 Å². The van der Waals surface area contributed by atoms with Crippen molar-refractivity contribution in [2.24, 2.45) is 0 Å². The molecule has 0 saturated carbocycles. The molecule has 3 aromatic carbocycles. The van der Waals surface area contributed by atoms with Crippen molar-refractivity contribution < 1.29 is 15.1 Å². The lowest BCUT2D eigenvalue weighted by atomic mass is 9.94. The Kier molecular flexibility index (Phi) is 5.76. The van der Waals surface area contributed by atoms with E-state index in [1.54, 1.807) is 12.1 Å². The maximum atomic E-state index is 10.8. The zero-order chi connectivity index (χ0) is 19.2. The van der Waals surface area contributed by atoms with Crippen molar-refractivity contribution in [1.29, 1.82) is 0 Å². The number of rotatable bonds is 6. The molecular weight excluding hydrogens is 342 g/mol. The molecule has 0 aromatic heterocycles. The monoisotopic (exact) mass is 361 g/mol. The molecule has 5 heteroatoms. The number of hydrogen-bond donors (Lipinski definition) is 2. The molecule has 3 rings (SSSR count). The van der Waals surface area contributed by atoms with Gasteiger partial charge in [-0.1, -0.05) is 48.5 Å². The number of aliphatic hydroxyl groups is 2. The standard InChI is InChI=1S/C22H19NO4/c24-14-17-1-7-19(8-2-17)22(20-9-3-18(15-25)4-10-20)13-16-5-11-21(12-6-16)23(26)27/h1-13,24-25H,14-15H2. The number of benzene rings is 3. The van der Waals surface area contributed by atoms with Crippen LogP contribution in [-0.2, 0) is 13.2 Å². The van der Waals surface area contributed by atoms with Crippen LogP contribution in [-0.4, -0.2) is 15.1 Å². The summed E-state index contributed by atoms with van der Waals surface area (Å²) in [5.74, 6) is 0. The second kappa shape index (κ2) is 8.40. The van der Waals surface area contributed by atoms with Crippen LogP contribution < -0.4 is 0 Å². The first-order valence-electron chi connectivity index (χ1n) is 8.47. The number of non-ortho nitro benzene ring substituents is 1. The average Bonchev–Trinajstić information content (AvgIpc) is 2.72. The third-order valence-electron chi connectivity index (χ3n) is 4.31. The minimum Gasteiger partial charge on any atom is -0.392 e. The molecular formula is C22H19NO4. The molecule has 0 fully saturated rings. The smallest absolute Gasteiger partial charge is 0.269 e. The van der Waals surface area contributed by atoms with E-state index in [0.717, 1.165) is 33.4 Å². The first-order chi connectivity index (χ1) is 13.1. The highest BCUT2D eigenvalue weighted by Gasteiger charge is 2.08. The van der Waals surface area contributed by atoms with Crippen molar-refractivity contribution in [3.63, 3.8) is 0 Å². The van der Waals surface area contributed by atoms with E-state index in [1.165, 1.54) is 12.1 Å². The summed E-state index contributed by atoms with van der Waals surface area (Å²) in [6.45, 7) is -0.0419. The van der Waals surface area contributed by atoms with Crippen LogP contribution in [0.25, 0.3) is 11.6 Å². The highest BCUT2D eigenvalue weighted by molar-refractivity contribution is 5.91. The minimum absolute atomic E-state index is 0.0210. The van der Waals surface area contributed by atoms with Crippen LogP contribution in [0.4, 0.5) is 5.69 Å². The first-order valence-corrected chi connectivity index (χ1v) is 8.47. The summed E-state index contributed by atoms with van der Waals surface area (Å²) in [5.41, 5.74) is 5.40. The molecule has 0 bridgehead atoms. The van der Waals surface area contributed by atoms with Crippen LogP contribution in [0.2, 0.25) is 0 Å². The Bertz CT molecular complexity index is 894. The summed E-state index contributed by atoms with van der Waals surface area (Å²) >= 11 is 0. The molecule has 0 heterocycles. The summed E-state index contributed by atoms with van der Waals surface area (Å²) in [7, 11) is 0. The molecule has 0 atom stereocenters. The van der Waals surface area contributed by atoms with Gasteiger partial charge >= 0.3 is 0 Å². The fourth-order valence-electron chi connectivity index (χ4n) is 2.77. The van der Waals surface area contributed by atoms with Crippen LogP contribution in [0.3, 0.4) is 0 Å². The van der Waals surface area contributed by atoms with E-state index in [-0.39, 0.29) is 18.9 Å². The predicted molar refractivity (Wildman–Crippen MR) is 105 cm³/mol. The van der Waals surface area contributed by atoms with Crippen LogP contribution in [0.5, 0.6) is 0 Å². The molecule has 136 valence electrons. The second-order valence-corrected chi connectivity index (χ2v) is 6.12. The molecule has 27 heavy (non-hydrogen) atoms. The Labute approximate surface area is 157 Å². The SMILES string of the molecule is O=[N+]([O-])c1ccc(C=C(c2ccc(CO)cc2)c2ccc(CO)cc2)cc1. The van der Waals surface area contributed by atoms with Crippen molar-refractivity contribution >= 4 is 17.3 Å². The van der Waals surface area contributed by atoms with Crippen molar-refractivity contribution in [3.8, 4) is 0 Å². The van der Waals surface area contributed by atoms with Gasteiger partial charge in [0, 0.05) is 12.1 Å². The molecule has 0 aliphatic heterocycles. The summed E-state index contributed by atoms with van der Waals surface area (Å²) in [4.78, 5) is 10.4. The highest BCUT2D eigenvalue weighted by Crippen LogP contribution is 2.27. The molecule has 0 aliphatic rings. The Morgan fingerprint density at radius 3 is 1.59 bits per heavy atom. The van der Waals surface area contributed by atoms with E-state index in [0.29, 0.717) is 0 Å². The molecule has 0 unspecified atom stereocenters. The second-order valence-electron chi connectivity index (χ2n) is 6.12. The van der Waals surface area contributed by atoms with Gasteiger partial charge in [0.1, 0.15) is 0 Å². The zero-order valence-corrected chi connectivity index (χ0v) is 14.6. The van der Waals surface area contributed by atoms with E-state index in [2.05, 4.69) is 0 Å². The molecule has 3 aromatic rings. The van der Waals surface area contributed by atoms with Crippen LogP contribution in [0.15, 0.2) is 72.8 Å². The summed E-state index contributed by atoms with van der Waals surface area (Å²) in [5, 5.41) is 29.4. The normalized spacial score (nSPS) is 10.4. The van der Waals surface area contributed by atoms with Gasteiger partial charge in [-0.25, -0.2) is 0 Å². The molecule has 0 amide bonds. The summed E-state index contributed by atoms with van der Waals surface area (Å²) in [6, 6.07) is 21.6. The third kappa shape index (κ3) is 4.47. The average molecular weight is 361 g/mol. The number of nitro groups is 1. The number of aliphatic hydroxyl groups excluding tert-OH is 2. The van der Waals surface area contributed by atoms with E-state index < -0.39 is 4.92 Å². The molecule has 0 aliphatic carbocycles. The van der Waals surface area contributed by atoms with Crippen molar-refractivity contribution in [3.05, 3.63) is 111 Å². The minimum atomic E-state index is -0.421. The zero-order valence-electron chi connectivity index (χ0n) is 14.6. The fourth-order valence-corrected chi connectivity index (χ4v) is 2.77. The van der Waals surface area contributed by atoms with Crippen molar-refractivity contribution in [2.45, 2.75) is 13.2 Å². The van der Waals surface area contributed by atoms with Crippen molar-refractivity contribution in [1.82, 2.24) is 0 Å². The van der Waals surface area contributed by atoms with Gasteiger partial charge in [-0.3, -0.25) is 10.1 Å². The topological polar surface area (TPSA) is 83.6 Å². The van der Waals surface area contributed by atoms with Gasteiger partial charge in [0.2, 0.25) is 0 Å². The summed E-state index contributed by atoms with van der Waals surface area (Å²) < 4.78 is 0. The molecule has 5 nitrogen and oxygen atoms in total.